The molecule has 0 saturated heterocycles. The van der Waals surface area contributed by atoms with Crippen LogP contribution in [0, 0.1) is 0 Å². The number of aromatic nitrogens is 2. The van der Waals surface area contributed by atoms with E-state index in [1.165, 1.54) is 13.2 Å². The Morgan fingerprint density at radius 3 is 2.73 bits per heavy atom. The summed E-state index contributed by atoms with van der Waals surface area (Å²) in [5, 5.41) is 10.3. The highest BCUT2D eigenvalue weighted by Crippen LogP contribution is 2.30. The molecular weight excluding hydrogens is 367 g/mol. The second-order valence-corrected chi connectivity index (χ2v) is 6.11. The molecule has 0 spiro atoms. The van der Waals surface area contributed by atoms with E-state index < -0.39 is 11.9 Å². The minimum atomic E-state index is -4.50. The van der Waals surface area contributed by atoms with E-state index in [1.807, 2.05) is 25.1 Å². The Bertz CT molecular complexity index is 755. The Kier molecular flexibility index (Phi) is 6.90. The highest BCUT2D eigenvalue weighted by molar-refractivity contribution is 6.30. The van der Waals surface area contributed by atoms with Crippen molar-refractivity contribution in [3.05, 3.63) is 52.3 Å². The molecule has 2 N–H and O–H groups in total. The van der Waals surface area contributed by atoms with E-state index >= 15 is 0 Å². The minimum Gasteiger partial charge on any atom is -0.357 e. The first-order valence-corrected chi connectivity index (χ1v) is 8.53. The minimum absolute atomic E-state index is 0.0343. The zero-order valence-electron chi connectivity index (χ0n) is 14.6. The number of benzene rings is 1. The van der Waals surface area contributed by atoms with Crippen molar-refractivity contribution in [2.24, 2.45) is 12.0 Å². The van der Waals surface area contributed by atoms with Crippen LogP contribution in [0.1, 0.15) is 23.7 Å². The predicted molar refractivity (Wildman–Crippen MR) is 96.2 cm³/mol. The fraction of sp³-hybridized carbons (Fsp3) is 0.412. The smallest absolute Gasteiger partial charge is 0.357 e. The Hall–Kier alpha value is -2.22. The van der Waals surface area contributed by atoms with Crippen LogP contribution in [0.5, 0.6) is 0 Å². The van der Waals surface area contributed by atoms with Gasteiger partial charge in [-0.05, 0) is 31.0 Å². The molecule has 26 heavy (non-hydrogen) atoms. The number of halogens is 4. The van der Waals surface area contributed by atoms with Crippen LogP contribution in [0.15, 0.2) is 35.5 Å². The van der Waals surface area contributed by atoms with Gasteiger partial charge in [-0.25, -0.2) is 4.99 Å². The number of hydrogen-bond donors (Lipinski definition) is 2. The van der Waals surface area contributed by atoms with Crippen LogP contribution in [0.3, 0.4) is 0 Å². The lowest BCUT2D eigenvalue weighted by atomic mass is 10.1. The zero-order chi connectivity index (χ0) is 19.2. The SMILES string of the molecule is CCNC(=NCc1cn(C)nc1C(F)(F)F)NCCc1cccc(Cl)c1. The maximum absolute atomic E-state index is 13.0. The van der Waals surface area contributed by atoms with Crippen molar-refractivity contribution < 1.29 is 13.2 Å². The van der Waals surface area contributed by atoms with Gasteiger partial charge >= 0.3 is 6.18 Å². The first-order valence-electron chi connectivity index (χ1n) is 8.16. The normalized spacial score (nSPS) is 12.3. The maximum atomic E-state index is 13.0. The molecule has 2 aromatic rings. The molecular formula is C17H21ClF3N5. The lowest BCUT2D eigenvalue weighted by molar-refractivity contribution is -0.142. The molecule has 0 aliphatic carbocycles. The Morgan fingerprint density at radius 1 is 1.31 bits per heavy atom. The summed E-state index contributed by atoms with van der Waals surface area (Å²) >= 11 is 5.95. The van der Waals surface area contributed by atoms with Crippen LogP contribution in [0.25, 0.3) is 0 Å². The van der Waals surface area contributed by atoms with E-state index in [0.717, 1.165) is 10.2 Å². The third-order valence-electron chi connectivity index (χ3n) is 3.52. The van der Waals surface area contributed by atoms with Gasteiger partial charge in [0.2, 0.25) is 0 Å². The molecule has 1 heterocycles. The highest BCUT2D eigenvalue weighted by Gasteiger charge is 2.36. The summed E-state index contributed by atoms with van der Waals surface area (Å²) in [6.45, 7) is 2.95. The van der Waals surface area contributed by atoms with E-state index in [-0.39, 0.29) is 12.1 Å². The van der Waals surface area contributed by atoms with Gasteiger partial charge in [-0.3, -0.25) is 4.68 Å². The fourth-order valence-electron chi connectivity index (χ4n) is 2.42. The molecule has 0 fully saturated rings. The van der Waals surface area contributed by atoms with E-state index in [2.05, 4.69) is 20.7 Å². The predicted octanol–water partition coefficient (Wildman–Crippen LogP) is 3.39. The van der Waals surface area contributed by atoms with Gasteiger partial charge in [0.05, 0.1) is 6.54 Å². The average Bonchev–Trinajstić information content (AvgIpc) is 2.94. The van der Waals surface area contributed by atoms with E-state index in [9.17, 15) is 13.2 Å². The van der Waals surface area contributed by atoms with Crippen LogP contribution in [-0.2, 0) is 26.2 Å². The first-order chi connectivity index (χ1) is 12.3. The Balaban J connectivity index is 2.00. The molecule has 2 rings (SSSR count). The summed E-state index contributed by atoms with van der Waals surface area (Å²) in [7, 11) is 1.46. The van der Waals surface area contributed by atoms with Crippen LogP contribution in [0.4, 0.5) is 13.2 Å². The van der Waals surface area contributed by atoms with Crippen molar-refractivity contribution in [3.8, 4) is 0 Å². The van der Waals surface area contributed by atoms with Crippen molar-refractivity contribution >= 4 is 17.6 Å². The Labute approximate surface area is 155 Å². The summed E-state index contributed by atoms with van der Waals surface area (Å²) in [5.74, 6) is 0.450. The highest BCUT2D eigenvalue weighted by atomic mass is 35.5. The van der Waals surface area contributed by atoms with E-state index in [1.54, 1.807) is 6.07 Å². The molecule has 0 aliphatic rings. The quantitative estimate of drug-likeness (QED) is 0.590. The van der Waals surface area contributed by atoms with Crippen molar-refractivity contribution in [3.63, 3.8) is 0 Å². The van der Waals surface area contributed by atoms with Crippen molar-refractivity contribution in [1.82, 2.24) is 20.4 Å². The number of alkyl halides is 3. The molecule has 0 aliphatic heterocycles. The molecule has 0 atom stereocenters. The summed E-state index contributed by atoms with van der Waals surface area (Å²) in [5.41, 5.74) is 0.193. The third-order valence-corrected chi connectivity index (χ3v) is 3.76. The average molecular weight is 388 g/mol. The monoisotopic (exact) mass is 387 g/mol. The number of nitrogens with zero attached hydrogens (tertiary/aromatic N) is 3. The molecule has 0 amide bonds. The van der Waals surface area contributed by atoms with Crippen LogP contribution in [0.2, 0.25) is 5.02 Å². The summed E-state index contributed by atoms with van der Waals surface area (Å²) in [4.78, 5) is 4.23. The van der Waals surface area contributed by atoms with Gasteiger partial charge in [0.15, 0.2) is 11.7 Å². The number of hydrogen-bond acceptors (Lipinski definition) is 2. The second-order valence-electron chi connectivity index (χ2n) is 5.68. The summed E-state index contributed by atoms with van der Waals surface area (Å²) in [6, 6.07) is 7.51. The number of aryl methyl sites for hydroxylation is 1. The largest absolute Gasteiger partial charge is 0.435 e. The van der Waals surface area contributed by atoms with Crippen LogP contribution >= 0.6 is 11.6 Å². The van der Waals surface area contributed by atoms with E-state index in [0.29, 0.717) is 30.5 Å². The zero-order valence-corrected chi connectivity index (χ0v) is 15.3. The summed E-state index contributed by atoms with van der Waals surface area (Å²) in [6.07, 6.45) is -2.45. The second kappa shape index (κ2) is 8.93. The van der Waals surface area contributed by atoms with Crippen molar-refractivity contribution in [2.75, 3.05) is 13.1 Å². The maximum Gasteiger partial charge on any atom is 0.435 e. The summed E-state index contributed by atoms with van der Waals surface area (Å²) < 4.78 is 40.1. The van der Waals surface area contributed by atoms with Gasteiger partial charge < -0.3 is 10.6 Å². The Morgan fingerprint density at radius 2 is 2.08 bits per heavy atom. The van der Waals surface area contributed by atoms with Gasteiger partial charge in [-0.1, -0.05) is 23.7 Å². The van der Waals surface area contributed by atoms with Crippen molar-refractivity contribution in [1.29, 1.82) is 0 Å². The molecule has 0 unspecified atom stereocenters. The lowest BCUT2D eigenvalue weighted by Gasteiger charge is -2.11. The van der Waals surface area contributed by atoms with Crippen LogP contribution in [-0.4, -0.2) is 28.8 Å². The molecule has 1 aromatic carbocycles. The van der Waals surface area contributed by atoms with Gasteiger partial charge in [-0.15, -0.1) is 0 Å². The van der Waals surface area contributed by atoms with Crippen molar-refractivity contribution in [2.45, 2.75) is 26.1 Å². The fourth-order valence-corrected chi connectivity index (χ4v) is 2.63. The number of rotatable bonds is 6. The molecule has 0 saturated carbocycles. The standard InChI is InChI=1S/C17H21ClF3N5/c1-3-22-16(23-8-7-12-5-4-6-14(18)9-12)24-10-13-11-26(2)25-15(13)17(19,20)21/h4-6,9,11H,3,7-8,10H2,1-2H3,(H2,22,23,24). The molecule has 0 bridgehead atoms. The lowest BCUT2D eigenvalue weighted by Crippen LogP contribution is -2.38. The molecule has 5 nitrogen and oxygen atoms in total. The van der Waals surface area contributed by atoms with Gasteiger partial charge in [0.1, 0.15) is 0 Å². The van der Waals surface area contributed by atoms with Crippen LogP contribution < -0.4 is 10.6 Å². The molecule has 142 valence electrons. The van der Waals surface area contributed by atoms with Gasteiger partial charge in [-0.2, -0.15) is 18.3 Å². The van der Waals surface area contributed by atoms with E-state index in [4.69, 9.17) is 11.6 Å². The number of aliphatic imine (C=N–C) groups is 1. The van der Waals surface area contributed by atoms with Gasteiger partial charge in [0, 0.05) is 36.9 Å². The molecule has 1 aromatic heterocycles. The molecule has 0 radical (unpaired) electrons. The number of guanidine groups is 1. The topological polar surface area (TPSA) is 54.2 Å². The first kappa shape index (κ1) is 20.1. The molecule has 9 heteroatoms. The number of nitrogens with one attached hydrogen (secondary N) is 2. The van der Waals surface area contributed by atoms with Gasteiger partial charge in [0.25, 0.3) is 0 Å². The third kappa shape index (κ3) is 5.94.